The molecule has 2 N–H and O–H groups in total. The Balaban J connectivity index is 1.75. The van der Waals surface area contributed by atoms with Crippen LogP contribution in [-0.2, 0) is 16.6 Å². The van der Waals surface area contributed by atoms with Crippen LogP contribution >= 0.6 is 0 Å². The van der Waals surface area contributed by atoms with Gasteiger partial charge in [-0.15, -0.1) is 0 Å². The molecule has 1 aromatic carbocycles. The molecule has 148 valence electrons. The number of fused-ring (bicyclic) bond motifs is 5. The summed E-state index contributed by atoms with van der Waals surface area (Å²) in [6.07, 6.45) is 5.73. The Bertz CT molecular complexity index is 798. The van der Waals surface area contributed by atoms with Gasteiger partial charge in [0.2, 0.25) is 5.91 Å². The van der Waals surface area contributed by atoms with Gasteiger partial charge in [-0.3, -0.25) is 4.79 Å². The van der Waals surface area contributed by atoms with Crippen LogP contribution in [0.1, 0.15) is 77.0 Å². The largest absolute Gasteiger partial charge is 0.508 e. The number of phenolic OH excluding ortho intramolecular Hbond substituents is 1. The van der Waals surface area contributed by atoms with Crippen molar-refractivity contribution in [1.82, 2.24) is 5.32 Å². The number of carbonyl (C=O) groups excluding carboxylic acids is 1. The van der Waals surface area contributed by atoms with Gasteiger partial charge in [-0.25, -0.2) is 0 Å². The molecule has 3 aliphatic carbocycles. The van der Waals surface area contributed by atoms with Crippen LogP contribution in [0.25, 0.3) is 0 Å². The summed E-state index contributed by atoms with van der Waals surface area (Å²) in [5.74, 6) is 1.72. The fraction of sp³-hybridized carbons (Fsp3) is 0.708. The number of benzene rings is 1. The predicted octanol–water partition coefficient (Wildman–Crippen LogP) is 4.87. The maximum absolute atomic E-state index is 11.8. The first-order chi connectivity index (χ1) is 12.5. The van der Waals surface area contributed by atoms with Crippen molar-refractivity contribution in [3.05, 3.63) is 28.8 Å². The van der Waals surface area contributed by atoms with E-state index in [1.165, 1.54) is 36.0 Å². The van der Waals surface area contributed by atoms with E-state index in [-0.39, 0.29) is 28.2 Å². The first-order valence-corrected chi connectivity index (χ1v) is 10.6. The van der Waals surface area contributed by atoms with Gasteiger partial charge in [0.1, 0.15) is 5.75 Å². The Hall–Kier alpha value is -1.51. The van der Waals surface area contributed by atoms with Crippen molar-refractivity contribution in [2.24, 2.45) is 22.7 Å². The van der Waals surface area contributed by atoms with Crippen molar-refractivity contribution in [3.8, 4) is 5.75 Å². The molecule has 0 spiro atoms. The van der Waals surface area contributed by atoms with Crippen molar-refractivity contribution in [2.75, 3.05) is 0 Å². The predicted molar refractivity (Wildman–Crippen MR) is 109 cm³/mol. The quantitative estimate of drug-likeness (QED) is 0.742. The van der Waals surface area contributed by atoms with Gasteiger partial charge < -0.3 is 10.4 Å². The molecule has 1 amide bonds. The number of rotatable bonds is 1. The molecule has 3 aliphatic rings. The van der Waals surface area contributed by atoms with Crippen LogP contribution in [-0.4, -0.2) is 17.1 Å². The highest BCUT2D eigenvalue weighted by Crippen LogP contribution is 2.67. The lowest BCUT2D eigenvalue weighted by Crippen LogP contribution is -2.61. The Morgan fingerprint density at radius 3 is 2.48 bits per heavy atom. The lowest BCUT2D eigenvalue weighted by atomic mass is 9.42. The second-order valence-electron chi connectivity index (χ2n) is 10.7. The number of aryl methyl sites for hydroxylation is 1. The third-order valence-electron chi connectivity index (χ3n) is 8.86. The van der Waals surface area contributed by atoms with E-state index in [0.29, 0.717) is 17.6 Å². The average molecular weight is 370 g/mol. The molecule has 2 saturated carbocycles. The van der Waals surface area contributed by atoms with E-state index in [1.807, 2.05) is 12.1 Å². The molecule has 27 heavy (non-hydrogen) atoms. The van der Waals surface area contributed by atoms with Crippen LogP contribution < -0.4 is 5.32 Å². The number of carbonyl (C=O) groups is 1. The second kappa shape index (κ2) is 5.75. The summed E-state index contributed by atoms with van der Waals surface area (Å²) in [5, 5.41) is 13.4. The highest BCUT2D eigenvalue weighted by molar-refractivity contribution is 5.73. The van der Waals surface area contributed by atoms with E-state index in [4.69, 9.17) is 0 Å². The number of hydrogen-bond acceptors (Lipinski definition) is 2. The van der Waals surface area contributed by atoms with Crippen molar-refractivity contribution in [1.29, 1.82) is 0 Å². The molecule has 0 saturated heterocycles. The third kappa shape index (κ3) is 2.49. The van der Waals surface area contributed by atoms with E-state index in [1.54, 1.807) is 6.92 Å². The number of nitrogens with one attached hydrogen (secondary N) is 1. The lowest BCUT2D eigenvalue weighted by molar-refractivity contribution is -0.131. The van der Waals surface area contributed by atoms with Crippen molar-refractivity contribution in [2.45, 2.75) is 85.1 Å². The van der Waals surface area contributed by atoms with Gasteiger partial charge in [0.25, 0.3) is 0 Å². The maximum Gasteiger partial charge on any atom is 0.217 e. The van der Waals surface area contributed by atoms with E-state index in [0.717, 1.165) is 12.8 Å². The number of aromatic hydroxyl groups is 1. The van der Waals surface area contributed by atoms with E-state index >= 15 is 0 Å². The van der Waals surface area contributed by atoms with Gasteiger partial charge in [0.15, 0.2) is 0 Å². The molecule has 0 radical (unpaired) electrons. The van der Waals surface area contributed by atoms with Gasteiger partial charge in [0.05, 0.1) is 0 Å². The summed E-state index contributed by atoms with van der Waals surface area (Å²) in [5.41, 5.74) is 4.70. The number of hydrogen-bond donors (Lipinski definition) is 2. The summed E-state index contributed by atoms with van der Waals surface area (Å²) in [4.78, 5) is 11.8. The van der Waals surface area contributed by atoms with E-state index < -0.39 is 0 Å². The summed E-state index contributed by atoms with van der Waals surface area (Å²) in [6, 6.07) is 4.23. The minimum atomic E-state index is 0.0942. The molecule has 0 bridgehead atoms. The topological polar surface area (TPSA) is 49.3 Å². The molecule has 3 nitrogen and oxygen atoms in total. The fourth-order valence-electron chi connectivity index (χ4n) is 7.86. The van der Waals surface area contributed by atoms with Gasteiger partial charge in [-0.05, 0) is 95.9 Å². The molecule has 2 fully saturated rings. The molecule has 0 heterocycles. The highest BCUT2D eigenvalue weighted by atomic mass is 16.3. The van der Waals surface area contributed by atoms with Crippen LogP contribution in [0.4, 0.5) is 0 Å². The smallest absolute Gasteiger partial charge is 0.217 e. The zero-order valence-electron chi connectivity index (χ0n) is 17.8. The first-order valence-electron chi connectivity index (χ1n) is 10.6. The average Bonchev–Trinajstić information content (AvgIpc) is 2.84. The van der Waals surface area contributed by atoms with Gasteiger partial charge >= 0.3 is 0 Å². The molecule has 3 heteroatoms. The Kier molecular flexibility index (Phi) is 4.01. The summed E-state index contributed by atoms with van der Waals surface area (Å²) >= 11 is 0. The van der Waals surface area contributed by atoms with Crippen LogP contribution in [0.2, 0.25) is 0 Å². The Labute approximate surface area is 163 Å². The lowest BCUT2D eigenvalue weighted by Gasteiger charge is -2.63. The number of phenols is 1. The normalized spacial score (nSPS) is 39.3. The molecule has 0 aliphatic heterocycles. The summed E-state index contributed by atoms with van der Waals surface area (Å²) < 4.78 is 0. The number of amides is 1. The van der Waals surface area contributed by atoms with Crippen LogP contribution in [0.5, 0.6) is 5.75 Å². The van der Waals surface area contributed by atoms with Crippen LogP contribution in [0.3, 0.4) is 0 Å². The van der Waals surface area contributed by atoms with E-state index in [9.17, 15) is 9.90 Å². The summed E-state index contributed by atoms with van der Waals surface area (Å²) in [6.45, 7) is 13.5. The standard InChI is InChI=1S/C24H35NO2/c1-14-11-17(27)12-16-13-19-23(5)10-8-20(25-15(2)26)22(3,4)18(23)7-9-24(19,6)21(14)16/h11-12,18-20,27H,7-10,13H2,1-6H3,(H,25,26). The monoisotopic (exact) mass is 369 g/mol. The first kappa shape index (κ1) is 18.8. The Morgan fingerprint density at radius 2 is 1.81 bits per heavy atom. The van der Waals surface area contributed by atoms with Crippen LogP contribution in [0, 0.1) is 29.6 Å². The molecular weight excluding hydrogens is 334 g/mol. The zero-order valence-corrected chi connectivity index (χ0v) is 17.8. The molecular formula is C24H35NO2. The third-order valence-corrected chi connectivity index (χ3v) is 8.86. The minimum absolute atomic E-state index is 0.0942. The van der Waals surface area contributed by atoms with Gasteiger partial charge in [-0.1, -0.05) is 27.7 Å². The van der Waals surface area contributed by atoms with Crippen LogP contribution in [0.15, 0.2) is 12.1 Å². The van der Waals surface area contributed by atoms with Crippen molar-refractivity contribution >= 4 is 5.91 Å². The SMILES string of the molecule is CC(=O)NC1CCC2(C)C3Cc4cc(O)cc(C)c4C3(C)CCC2C1(C)C. The van der Waals surface area contributed by atoms with Crippen molar-refractivity contribution < 1.29 is 9.90 Å². The summed E-state index contributed by atoms with van der Waals surface area (Å²) in [7, 11) is 0. The van der Waals surface area contributed by atoms with Gasteiger partial charge in [0, 0.05) is 13.0 Å². The molecule has 1 aromatic rings. The second-order valence-corrected chi connectivity index (χ2v) is 10.7. The molecule has 0 aromatic heterocycles. The molecule has 5 atom stereocenters. The zero-order chi connectivity index (χ0) is 19.8. The van der Waals surface area contributed by atoms with Gasteiger partial charge in [-0.2, -0.15) is 0 Å². The fourth-order valence-corrected chi connectivity index (χ4v) is 7.86. The Morgan fingerprint density at radius 1 is 1.11 bits per heavy atom. The molecule has 4 rings (SSSR count). The highest BCUT2D eigenvalue weighted by Gasteiger charge is 2.63. The maximum atomic E-state index is 11.8. The van der Waals surface area contributed by atoms with E-state index in [2.05, 4.69) is 39.9 Å². The molecule has 5 unspecified atom stereocenters. The minimum Gasteiger partial charge on any atom is -0.508 e. The van der Waals surface area contributed by atoms with Crippen molar-refractivity contribution in [3.63, 3.8) is 0 Å².